The van der Waals surface area contributed by atoms with Crippen molar-refractivity contribution in [1.82, 2.24) is 0 Å². The van der Waals surface area contributed by atoms with E-state index in [1.54, 1.807) is 78.1 Å². The van der Waals surface area contributed by atoms with Crippen LogP contribution in [0.2, 0.25) is 5.02 Å². The fourth-order valence-corrected chi connectivity index (χ4v) is 8.99. The maximum Gasteiger partial charge on any atom is 0.197 e. The van der Waals surface area contributed by atoms with Crippen LogP contribution in [0, 0.1) is 6.92 Å². The van der Waals surface area contributed by atoms with Crippen molar-refractivity contribution >= 4 is 80.9 Å². The van der Waals surface area contributed by atoms with E-state index in [0.717, 1.165) is 34.8 Å². The Kier molecular flexibility index (Phi) is 6.21. The molecular formula is C33H17ClO4S3. The predicted molar refractivity (Wildman–Crippen MR) is 167 cm³/mol. The Morgan fingerprint density at radius 3 is 1.46 bits per heavy atom. The predicted octanol–water partition coefficient (Wildman–Crippen LogP) is 9.09. The monoisotopic (exact) mass is 608 g/mol. The van der Waals surface area contributed by atoms with Crippen molar-refractivity contribution in [3.63, 3.8) is 0 Å². The number of benzene rings is 2. The van der Waals surface area contributed by atoms with E-state index in [9.17, 15) is 19.2 Å². The fraction of sp³-hybridized carbons (Fsp3) is 0.0303. The van der Waals surface area contributed by atoms with Gasteiger partial charge in [0.2, 0.25) is 0 Å². The molecule has 0 saturated carbocycles. The number of ketones is 4. The molecule has 0 amide bonds. The van der Waals surface area contributed by atoms with Gasteiger partial charge in [-0.1, -0.05) is 60.1 Å². The van der Waals surface area contributed by atoms with Gasteiger partial charge in [-0.25, -0.2) is 0 Å². The van der Waals surface area contributed by atoms with Gasteiger partial charge >= 0.3 is 0 Å². The lowest BCUT2D eigenvalue weighted by molar-refractivity contribution is 0.0975. The van der Waals surface area contributed by atoms with E-state index in [4.69, 9.17) is 11.6 Å². The minimum atomic E-state index is -0.265. The Hall–Kier alpha value is -4.01. The Balaban J connectivity index is 1.17. The average Bonchev–Trinajstić information content (AvgIpc) is 3.77. The first-order valence-electron chi connectivity index (χ1n) is 12.6. The van der Waals surface area contributed by atoms with Gasteiger partial charge in [-0.3, -0.25) is 19.2 Å². The number of aryl methyl sites for hydroxylation is 1. The Morgan fingerprint density at radius 2 is 0.976 bits per heavy atom. The highest BCUT2D eigenvalue weighted by Gasteiger charge is 2.34. The molecule has 0 radical (unpaired) electrons. The van der Waals surface area contributed by atoms with Gasteiger partial charge in [-0.15, -0.1) is 34.0 Å². The maximum atomic E-state index is 12.8. The molecular weight excluding hydrogens is 592 g/mol. The zero-order chi connectivity index (χ0) is 28.4. The normalized spacial score (nSPS) is 14.2. The molecule has 0 fully saturated rings. The molecule has 0 unspecified atom stereocenters. The molecule has 0 N–H and O–H groups in total. The molecule has 5 aromatic rings. The number of halogens is 1. The summed E-state index contributed by atoms with van der Waals surface area (Å²) in [7, 11) is 0. The van der Waals surface area contributed by atoms with Crippen LogP contribution in [0.4, 0.5) is 0 Å². The molecule has 8 heteroatoms. The molecule has 2 aliphatic rings. The second-order valence-corrected chi connectivity index (χ2v) is 13.3. The van der Waals surface area contributed by atoms with E-state index in [1.165, 1.54) is 22.7 Å². The Morgan fingerprint density at radius 1 is 0.561 bits per heavy atom. The van der Waals surface area contributed by atoms with Crippen LogP contribution in [0.3, 0.4) is 0 Å². The number of Topliss-reactive ketones (excluding diaryl/α,β-unsaturated/α-hetero) is 4. The van der Waals surface area contributed by atoms with Crippen molar-refractivity contribution in [3.05, 3.63) is 127 Å². The number of allylic oxidation sites excluding steroid dienone is 2. The van der Waals surface area contributed by atoms with E-state index < -0.39 is 0 Å². The largest absolute Gasteiger partial charge is 0.288 e. The molecule has 4 nitrogen and oxygen atoms in total. The van der Waals surface area contributed by atoms with Gasteiger partial charge in [0.15, 0.2) is 23.1 Å². The molecule has 7 rings (SSSR count). The summed E-state index contributed by atoms with van der Waals surface area (Å²) in [5, 5.41) is 0.553. The van der Waals surface area contributed by atoms with Gasteiger partial charge in [0, 0.05) is 46.6 Å². The molecule has 3 aromatic heterocycles. The fourth-order valence-electron chi connectivity index (χ4n) is 5.12. The molecule has 0 aliphatic heterocycles. The van der Waals surface area contributed by atoms with Gasteiger partial charge in [-0.2, -0.15) is 0 Å². The van der Waals surface area contributed by atoms with E-state index in [2.05, 4.69) is 0 Å². The second-order valence-electron chi connectivity index (χ2n) is 9.67. The maximum absolute atomic E-state index is 12.8. The van der Waals surface area contributed by atoms with Crippen LogP contribution in [0.1, 0.15) is 56.7 Å². The quantitative estimate of drug-likeness (QED) is 0.151. The molecule has 2 aromatic carbocycles. The second kappa shape index (κ2) is 9.82. The first kappa shape index (κ1) is 25.9. The van der Waals surface area contributed by atoms with Crippen molar-refractivity contribution < 1.29 is 19.2 Å². The van der Waals surface area contributed by atoms with E-state index >= 15 is 0 Å². The minimum absolute atomic E-state index is 0.153. The van der Waals surface area contributed by atoms with Crippen LogP contribution >= 0.6 is 45.6 Å². The molecule has 0 spiro atoms. The average molecular weight is 609 g/mol. The highest BCUT2D eigenvalue weighted by atomic mass is 35.5. The number of hydrogen-bond acceptors (Lipinski definition) is 7. The number of hydrogen-bond donors (Lipinski definition) is 0. The minimum Gasteiger partial charge on any atom is -0.288 e. The SMILES string of the molecule is Cc1cc(C=C2C(=O)c3ccccc3C2=O)sc1-c1ccc(-c2sc(C=C3C(=O)c4ccccc4C3=O)cc2Cl)s1. The van der Waals surface area contributed by atoms with E-state index in [0.29, 0.717) is 27.3 Å². The summed E-state index contributed by atoms with van der Waals surface area (Å²) in [6.07, 6.45) is 3.33. The molecule has 198 valence electrons. The topological polar surface area (TPSA) is 68.3 Å². The lowest BCUT2D eigenvalue weighted by atomic mass is 10.1. The highest BCUT2D eigenvalue weighted by molar-refractivity contribution is 7.27. The third-order valence-corrected chi connectivity index (χ3v) is 11.2. The van der Waals surface area contributed by atoms with Gasteiger partial charge in [0.1, 0.15) is 0 Å². The Labute approximate surface area is 251 Å². The summed E-state index contributed by atoms with van der Waals surface area (Å²) in [4.78, 5) is 56.8. The summed E-state index contributed by atoms with van der Waals surface area (Å²) in [5.41, 5.74) is 3.17. The van der Waals surface area contributed by atoms with Crippen LogP contribution in [-0.2, 0) is 0 Å². The molecule has 0 atom stereocenters. The number of rotatable bonds is 4. The summed E-state index contributed by atoms with van der Waals surface area (Å²) < 4.78 is 0. The number of carbonyl (C=O) groups excluding carboxylic acids is 4. The summed E-state index contributed by atoms with van der Waals surface area (Å²) >= 11 is 11.2. The Bertz CT molecular complexity index is 1830. The van der Waals surface area contributed by atoms with Crippen molar-refractivity contribution in [2.45, 2.75) is 6.92 Å². The van der Waals surface area contributed by atoms with E-state index in [1.807, 2.05) is 25.1 Å². The van der Waals surface area contributed by atoms with Crippen molar-refractivity contribution in [3.8, 4) is 19.5 Å². The van der Waals surface area contributed by atoms with Crippen LogP contribution < -0.4 is 0 Å². The lowest BCUT2D eigenvalue weighted by Crippen LogP contribution is -1.99. The zero-order valence-electron chi connectivity index (χ0n) is 21.3. The van der Waals surface area contributed by atoms with Crippen molar-refractivity contribution in [1.29, 1.82) is 0 Å². The van der Waals surface area contributed by atoms with Crippen LogP contribution in [-0.4, -0.2) is 23.1 Å². The number of thiophene rings is 3. The standard InChI is InChI=1S/C33H17ClO4S3/c1-16-12-17(13-23-28(35)19-6-2-3-7-20(19)29(23)36)39-32(16)26-10-11-27(41-26)33-25(34)15-18(40-33)14-24-30(37)21-8-4-5-9-22(21)31(24)38/h2-15H,1H3. The number of carbonyl (C=O) groups is 4. The van der Waals surface area contributed by atoms with Gasteiger partial charge in [-0.05, 0) is 48.9 Å². The third-order valence-electron chi connectivity index (χ3n) is 7.08. The highest BCUT2D eigenvalue weighted by Crippen LogP contribution is 2.45. The molecule has 0 saturated heterocycles. The summed E-state index contributed by atoms with van der Waals surface area (Å²) in [6.45, 7) is 2.01. The third kappa shape index (κ3) is 4.24. The van der Waals surface area contributed by atoms with Crippen LogP contribution in [0.25, 0.3) is 31.7 Å². The van der Waals surface area contributed by atoms with Crippen LogP contribution in [0.15, 0.2) is 83.9 Å². The van der Waals surface area contributed by atoms with Crippen molar-refractivity contribution in [2.75, 3.05) is 0 Å². The summed E-state index contributed by atoms with van der Waals surface area (Å²) in [5.74, 6) is -1.00. The van der Waals surface area contributed by atoms with E-state index in [-0.39, 0.29) is 34.3 Å². The van der Waals surface area contributed by atoms with Gasteiger partial charge in [0.25, 0.3) is 0 Å². The first-order chi connectivity index (χ1) is 19.8. The summed E-state index contributed by atoms with van der Waals surface area (Å²) in [6, 6.07) is 21.6. The van der Waals surface area contributed by atoms with Crippen molar-refractivity contribution in [2.24, 2.45) is 0 Å². The smallest absolute Gasteiger partial charge is 0.197 e. The molecule has 2 aliphatic carbocycles. The first-order valence-corrected chi connectivity index (χ1v) is 15.4. The molecule has 3 heterocycles. The molecule has 0 bridgehead atoms. The molecule has 41 heavy (non-hydrogen) atoms. The zero-order valence-corrected chi connectivity index (χ0v) is 24.5. The van der Waals surface area contributed by atoms with Crippen LogP contribution in [0.5, 0.6) is 0 Å². The number of fused-ring (bicyclic) bond motifs is 2. The van der Waals surface area contributed by atoms with Gasteiger partial charge < -0.3 is 0 Å². The lowest BCUT2D eigenvalue weighted by Gasteiger charge is -1.95. The van der Waals surface area contributed by atoms with Gasteiger partial charge in [0.05, 0.1) is 21.0 Å².